The summed E-state index contributed by atoms with van der Waals surface area (Å²) >= 11 is 1.58. The molecule has 0 bridgehead atoms. The maximum absolute atomic E-state index is 13.1. The van der Waals surface area contributed by atoms with E-state index in [0.717, 1.165) is 21.8 Å². The molecule has 168 valence electrons. The Hall–Kier alpha value is -2.84. The number of pyridine rings is 1. The zero-order valence-corrected chi connectivity index (χ0v) is 19.0. The van der Waals surface area contributed by atoms with Gasteiger partial charge in [-0.3, -0.25) is 9.78 Å². The molecule has 4 rings (SSSR count). The fourth-order valence-electron chi connectivity index (χ4n) is 4.36. The molecule has 2 aliphatic heterocycles. The second kappa shape index (κ2) is 9.34. The van der Waals surface area contributed by atoms with Crippen molar-refractivity contribution in [1.29, 1.82) is 0 Å². The molecule has 1 aromatic heterocycles. The highest BCUT2D eigenvalue weighted by Gasteiger charge is 2.59. The summed E-state index contributed by atoms with van der Waals surface area (Å²) in [6.07, 6.45) is 2.67. The number of aromatic nitrogens is 1. The molecule has 2 aliphatic rings. The Morgan fingerprint density at radius 3 is 2.53 bits per heavy atom. The zero-order valence-electron chi connectivity index (χ0n) is 18.2. The molecule has 2 unspecified atom stereocenters. The largest absolute Gasteiger partial charge is 0.497 e. The molecule has 2 aromatic rings. The van der Waals surface area contributed by atoms with E-state index < -0.39 is 18.0 Å². The molecule has 0 radical (unpaired) electrons. The van der Waals surface area contributed by atoms with E-state index in [-0.39, 0.29) is 24.5 Å². The van der Waals surface area contributed by atoms with Gasteiger partial charge in [-0.2, -0.15) is 0 Å². The highest BCUT2D eigenvalue weighted by Crippen LogP contribution is 2.48. The van der Waals surface area contributed by atoms with Crippen LogP contribution in [0.1, 0.15) is 19.4 Å². The lowest BCUT2D eigenvalue weighted by molar-refractivity contribution is -0.164. The van der Waals surface area contributed by atoms with Crippen LogP contribution >= 0.6 is 11.8 Å². The fourth-order valence-corrected chi connectivity index (χ4v) is 5.39. The molecule has 3 heterocycles. The van der Waals surface area contributed by atoms with Crippen LogP contribution in [-0.2, 0) is 20.9 Å². The van der Waals surface area contributed by atoms with Gasteiger partial charge in [-0.1, -0.05) is 19.1 Å². The number of fused-ring (bicyclic) bond motifs is 1. The summed E-state index contributed by atoms with van der Waals surface area (Å²) in [7, 11) is 1.59. The smallest absolute Gasteiger partial charge is 0.355 e. The molecule has 0 aliphatic carbocycles. The van der Waals surface area contributed by atoms with E-state index >= 15 is 0 Å². The maximum atomic E-state index is 13.1. The van der Waals surface area contributed by atoms with Crippen LogP contribution in [0.25, 0.3) is 0 Å². The van der Waals surface area contributed by atoms with Crippen LogP contribution in [0.4, 0.5) is 0 Å². The number of aliphatic hydroxyl groups excluding tert-OH is 1. The minimum atomic E-state index is -0.769. The number of ether oxygens (including phenoxy) is 2. The quantitative estimate of drug-likeness (QED) is 0.373. The Kier molecular flexibility index (Phi) is 6.53. The summed E-state index contributed by atoms with van der Waals surface area (Å²) in [5.74, 6) is -0.0237. The molecule has 1 fully saturated rings. The minimum Gasteiger partial charge on any atom is -0.497 e. The van der Waals surface area contributed by atoms with Gasteiger partial charge < -0.3 is 19.5 Å². The van der Waals surface area contributed by atoms with E-state index in [0.29, 0.717) is 11.4 Å². The van der Waals surface area contributed by atoms with Crippen molar-refractivity contribution >= 4 is 23.6 Å². The SMILES string of the molecule is COc1ccc(COC(=O)C2=C(CSc3ccncc3)C(C)[C@@H]3[C@H](C(C)O)C(=O)N23)cc1. The third-order valence-electron chi connectivity index (χ3n) is 6.08. The first kappa shape index (κ1) is 22.4. The number of benzene rings is 1. The van der Waals surface area contributed by atoms with Gasteiger partial charge in [-0.25, -0.2) is 4.79 Å². The molecule has 0 saturated carbocycles. The third-order valence-corrected chi connectivity index (χ3v) is 7.14. The summed E-state index contributed by atoms with van der Waals surface area (Å²) in [5, 5.41) is 10.1. The molecular weight excluding hydrogens is 428 g/mol. The number of nitrogens with zero attached hydrogens (tertiary/aromatic N) is 2. The van der Waals surface area contributed by atoms with Gasteiger partial charge >= 0.3 is 5.97 Å². The van der Waals surface area contributed by atoms with E-state index in [1.54, 1.807) is 50.3 Å². The second-order valence-electron chi connectivity index (χ2n) is 8.02. The van der Waals surface area contributed by atoms with Crippen LogP contribution < -0.4 is 4.74 Å². The number of methoxy groups -OCH3 is 1. The Morgan fingerprint density at radius 1 is 1.22 bits per heavy atom. The number of carbonyl (C=O) groups is 2. The van der Waals surface area contributed by atoms with E-state index in [2.05, 4.69) is 4.98 Å². The number of amides is 1. The predicted octanol–water partition coefficient (Wildman–Crippen LogP) is 3.04. The monoisotopic (exact) mass is 454 g/mol. The first-order valence-corrected chi connectivity index (χ1v) is 11.5. The van der Waals surface area contributed by atoms with E-state index in [4.69, 9.17) is 9.47 Å². The topological polar surface area (TPSA) is 89.0 Å². The number of aliphatic hydroxyl groups is 1. The highest BCUT2D eigenvalue weighted by molar-refractivity contribution is 7.99. The van der Waals surface area contributed by atoms with Crippen LogP contribution in [0, 0.1) is 11.8 Å². The molecule has 7 nitrogen and oxygen atoms in total. The number of hydrogen-bond donors (Lipinski definition) is 1. The van der Waals surface area contributed by atoms with Crippen molar-refractivity contribution in [3.63, 3.8) is 0 Å². The summed E-state index contributed by atoms with van der Waals surface area (Å²) in [4.78, 5) is 32.5. The second-order valence-corrected chi connectivity index (χ2v) is 9.07. The molecule has 1 saturated heterocycles. The van der Waals surface area contributed by atoms with Gasteiger partial charge in [0.25, 0.3) is 0 Å². The number of β-lactam (4-membered cyclic amide) rings is 1. The minimum absolute atomic E-state index is 0.0508. The lowest BCUT2D eigenvalue weighted by Gasteiger charge is -2.46. The van der Waals surface area contributed by atoms with Crippen molar-refractivity contribution in [2.75, 3.05) is 12.9 Å². The van der Waals surface area contributed by atoms with Gasteiger partial charge in [0.05, 0.1) is 25.2 Å². The molecule has 1 aromatic carbocycles. The molecular formula is C24H26N2O5S. The predicted molar refractivity (Wildman–Crippen MR) is 120 cm³/mol. The Morgan fingerprint density at radius 2 is 1.91 bits per heavy atom. The molecule has 1 N–H and O–H groups in total. The standard InChI is InChI=1S/C24H26N2O5S/c1-14-19(13-32-18-8-10-25-11-9-18)22(26-21(14)20(15(2)27)23(26)28)24(29)31-12-16-4-6-17(30-3)7-5-16/h4-11,14-15,20-21,27H,12-13H2,1-3H3/t14?,15?,20-,21+/m0/s1. The molecule has 4 atom stereocenters. The van der Waals surface area contributed by atoms with E-state index in [1.165, 1.54) is 4.90 Å². The Labute approximate surface area is 191 Å². The van der Waals surface area contributed by atoms with Gasteiger partial charge in [0.2, 0.25) is 5.91 Å². The fraction of sp³-hybridized carbons (Fsp3) is 0.375. The van der Waals surface area contributed by atoms with Crippen LogP contribution in [0.15, 0.2) is 65.0 Å². The zero-order chi connectivity index (χ0) is 22.8. The van der Waals surface area contributed by atoms with Crippen molar-refractivity contribution in [3.8, 4) is 5.75 Å². The average Bonchev–Trinajstić information content (AvgIpc) is 3.04. The van der Waals surface area contributed by atoms with Gasteiger partial charge in [-0.15, -0.1) is 11.8 Å². The summed E-state index contributed by atoms with van der Waals surface area (Å²) in [6.45, 7) is 3.72. The Balaban J connectivity index is 1.55. The van der Waals surface area contributed by atoms with Crippen LogP contribution in [0.3, 0.4) is 0 Å². The summed E-state index contributed by atoms with van der Waals surface area (Å²) in [6, 6.07) is 10.9. The lowest BCUT2D eigenvalue weighted by atomic mass is 9.78. The van der Waals surface area contributed by atoms with Crippen molar-refractivity contribution < 1.29 is 24.2 Å². The molecule has 32 heavy (non-hydrogen) atoms. The van der Waals surface area contributed by atoms with Gasteiger partial charge in [0.15, 0.2) is 0 Å². The van der Waals surface area contributed by atoms with Crippen molar-refractivity contribution in [2.45, 2.75) is 37.5 Å². The molecule has 1 amide bonds. The van der Waals surface area contributed by atoms with Gasteiger partial charge in [0.1, 0.15) is 18.1 Å². The molecule has 0 spiro atoms. The van der Waals surface area contributed by atoms with Gasteiger partial charge in [0, 0.05) is 29.0 Å². The number of hydrogen-bond acceptors (Lipinski definition) is 7. The normalized spacial score (nSPS) is 22.9. The number of carbonyl (C=O) groups excluding carboxylic acids is 2. The van der Waals surface area contributed by atoms with Gasteiger partial charge in [-0.05, 0) is 42.3 Å². The number of thioether (sulfide) groups is 1. The number of rotatable bonds is 8. The van der Waals surface area contributed by atoms with Crippen molar-refractivity contribution in [2.24, 2.45) is 11.8 Å². The molecule has 8 heteroatoms. The van der Waals surface area contributed by atoms with Crippen LogP contribution in [-0.4, -0.2) is 51.9 Å². The highest BCUT2D eigenvalue weighted by atomic mass is 32.2. The third kappa shape index (κ3) is 4.12. The number of esters is 1. The average molecular weight is 455 g/mol. The van der Waals surface area contributed by atoms with Crippen molar-refractivity contribution in [1.82, 2.24) is 9.88 Å². The Bertz CT molecular complexity index is 1020. The first-order valence-electron chi connectivity index (χ1n) is 10.5. The van der Waals surface area contributed by atoms with E-state index in [9.17, 15) is 14.7 Å². The lowest BCUT2D eigenvalue weighted by Crippen LogP contribution is -2.63. The van der Waals surface area contributed by atoms with Crippen LogP contribution in [0.2, 0.25) is 0 Å². The summed E-state index contributed by atoms with van der Waals surface area (Å²) in [5.41, 5.74) is 2.01. The summed E-state index contributed by atoms with van der Waals surface area (Å²) < 4.78 is 10.8. The van der Waals surface area contributed by atoms with Crippen molar-refractivity contribution in [3.05, 3.63) is 65.6 Å². The first-order chi connectivity index (χ1) is 15.4. The van der Waals surface area contributed by atoms with Crippen LogP contribution in [0.5, 0.6) is 5.75 Å². The maximum Gasteiger partial charge on any atom is 0.355 e. The van der Waals surface area contributed by atoms with E-state index in [1.807, 2.05) is 31.2 Å².